The Balaban J connectivity index is 1.64. The summed E-state index contributed by atoms with van der Waals surface area (Å²) in [6.07, 6.45) is 0. The van der Waals surface area contributed by atoms with Crippen molar-refractivity contribution >= 4 is 17.6 Å². The Kier molecular flexibility index (Phi) is 5.23. The van der Waals surface area contributed by atoms with E-state index in [-0.39, 0.29) is 6.61 Å². The molecule has 1 heterocycles. The highest BCUT2D eigenvalue weighted by Gasteiger charge is 2.17. The maximum Gasteiger partial charge on any atom is 0.338 e. The summed E-state index contributed by atoms with van der Waals surface area (Å²) in [5.74, 6) is 0.709. The monoisotopic (exact) mass is 348 g/mol. The van der Waals surface area contributed by atoms with E-state index in [2.05, 4.69) is 0 Å². The highest BCUT2D eigenvalue weighted by Crippen LogP contribution is 2.38. The highest BCUT2D eigenvalue weighted by atomic mass is 35.5. The van der Waals surface area contributed by atoms with Crippen molar-refractivity contribution in [3.05, 3.63) is 58.1 Å². The van der Waals surface area contributed by atoms with Crippen LogP contribution in [0.4, 0.5) is 0 Å². The van der Waals surface area contributed by atoms with Crippen molar-refractivity contribution in [2.24, 2.45) is 0 Å². The molecule has 0 radical (unpaired) electrons. The topological polar surface area (TPSA) is 54.0 Å². The number of benzene rings is 2. The third kappa shape index (κ3) is 3.80. The van der Waals surface area contributed by atoms with Crippen molar-refractivity contribution in [3.8, 4) is 11.5 Å². The van der Waals surface area contributed by atoms with Gasteiger partial charge in [-0.3, -0.25) is 0 Å². The van der Waals surface area contributed by atoms with Crippen LogP contribution < -0.4 is 9.47 Å². The zero-order chi connectivity index (χ0) is 16.9. The fraction of sp³-hybridized carbons (Fsp3) is 0.278. The molecule has 0 unspecified atom stereocenters. The molecule has 0 fully saturated rings. The number of halogens is 1. The second-order valence-electron chi connectivity index (χ2n) is 5.31. The first-order valence-electron chi connectivity index (χ1n) is 7.50. The van der Waals surface area contributed by atoms with Crippen LogP contribution in [0.25, 0.3) is 0 Å². The minimum absolute atomic E-state index is 0.106. The Bertz CT molecular complexity index is 727. The van der Waals surface area contributed by atoms with E-state index in [9.17, 15) is 4.79 Å². The number of carbonyl (C=O) groups excluding carboxylic acids is 1. The van der Waals surface area contributed by atoms with Gasteiger partial charge in [0.15, 0.2) is 11.5 Å². The standard InChI is InChI=1S/C18H17ClO5/c1-21-10-12-2-4-14(5-3-12)18(20)24-11-13-8-15(19)17-16(9-13)22-6-7-23-17/h2-5,8-9H,6-7,10-11H2,1H3. The number of hydrogen-bond donors (Lipinski definition) is 0. The lowest BCUT2D eigenvalue weighted by Crippen LogP contribution is -2.16. The molecule has 6 heteroatoms. The van der Waals surface area contributed by atoms with E-state index in [0.29, 0.717) is 41.9 Å². The molecule has 1 aliphatic heterocycles. The van der Waals surface area contributed by atoms with Gasteiger partial charge in [-0.2, -0.15) is 0 Å². The second-order valence-corrected chi connectivity index (χ2v) is 5.72. The van der Waals surface area contributed by atoms with E-state index in [1.807, 2.05) is 12.1 Å². The van der Waals surface area contributed by atoms with Gasteiger partial charge in [0.05, 0.1) is 17.2 Å². The molecule has 0 saturated heterocycles. The molecule has 0 bridgehead atoms. The summed E-state index contributed by atoms with van der Waals surface area (Å²) in [7, 11) is 1.63. The van der Waals surface area contributed by atoms with E-state index in [1.165, 1.54) is 0 Å². The average molecular weight is 349 g/mol. The summed E-state index contributed by atoms with van der Waals surface area (Å²) in [5.41, 5.74) is 2.22. The predicted octanol–water partition coefficient (Wildman–Crippen LogP) is 3.61. The summed E-state index contributed by atoms with van der Waals surface area (Å²) < 4.78 is 21.3. The Morgan fingerprint density at radius 2 is 1.83 bits per heavy atom. The summed E-state index contributed by atoms with van der Waals surface area (Å²) in [5, 5.41) is 0.446. The number of esters is 1. The third-order valence-electron chi connectivity index (χ3n) is 3.53. The number of fused-ring (bicyclic) bond motifs is 1. The number of rotatable bonds is 5. The van der Waals surface area contributed by atoms with Gasteiger partial charge in [0.1, 0.15) is 19.8 Å². The fourth-order valence-electron chi connectivity index (χ4n) is 2.38. The highest BCUT2D eigenvalue weighted by molar-refractivity contribution is 6.32. The van der Waals surface area contributed by atoms with Gasteiger partial charge in [-0.1, -0.05) is 23.7 Å². The lowest BCUT2D eigenvalue weighted by Gasteiger charge is -2.20. The summed E-state index contributed by atoms with van der Waals surface area (Å²) in [6.45, 7) is 1.56. The molecule has 0 saturated carbocycles. The van der Waals surface area contributed by atoms with E-state index >= 15 is 0 Å². The Hall–Kier alpha value is -2.24. The van der Waals surface area contributed by atoms with E-state index < -0.39 is 5.97 Å². The molecule has 0 N–H and O–H groups in total. The molecule has 2 aromatic rings. The largest absolute Gasteiger partial charge is 0.486 e. The predicted molar refractivity (Wildman–Crippen MR) is 88.7 cm³/mol. The molecule has 0 aliphatic carbocycles. The van der Waals surface area contributed by atoms with Crippen LogP contribution in [-0.4, -0.2) is 26.3 Å². The van der Waals surface area contributed by atoms with Gasteiger partial charge in [0, 0.05) is 7.11 Å². The van der Waals surface area contributed by atoms with Gasteiger partial charge in [-0.25, -0.2) is 4.79 Å². The number of ether oxygens (including phenoxy) is 4. The van der Waals surface area contributed by atoms with Gasteiger partial charge in [0.2, 0.25) is 0 Å². The smallest absolute Gasteiger partial charge is 0.338 e. The molecule has 0 aromatic heterocycles. The van der Waals surface area contributed by atoms with Crippen LogP contribution in [0.15, 0.2) is 36.4 Å². The molecule has 2 aromatic carbocycles. The van der Waals surface area contributed by atoms with Crippen molar-refractivity contribution in [3.63, 3.8) is 0 Å². The first kappa shape index (κ1) is 16.6. The van der Waals surface area contributed by atoms with Gasteiger partial charge < -0.3 is 18.9 Å². The molecule has 0 atom stereocenters. The van der Waals surface area contributed by atoms with Crippen LogP contribution in [0, 0.1) is 0 Å². The van der Waals surface area contributed by atoms with Crippen LogP contribution in [0.5, 0.6) is 11.5 Å². The normalized spacial score (nSPS) is 12.8. The van der Waals surface area contributed by atoms with Gasteiger partial charge in [0.25, 0.3) is 0 Å². The first-order chi connectivity index (χ1) is 11.7. The maximum absolute atomic E-state index is 12.1. The number of methoxy groups -OCH3 is 1. The van der Waals surface area contributed by atoms with Gasteiger partial charge >= 0.3 is 5.97 Å². The van der Waals surface area contributed by atoms with Crippen LogP contribution in [0.3, 0.4) is 0 Å². The molecule has 126 valence electrons. The molecule has 0 spiro atoms. The maximum atomic E-state index is 12.1. The molecule has 0 amide bonds. The minimum Gasteiger partial charge on any atom is -0.486 e. The van der Waals surface area contributed by atoms with Gasteiger partial charge in [-0.05, 0) is 35.4 Å². The quantitative estimate of drug-likeness (QED) is 0.772. The van der Waals surface area contributed by atoms with E-state index in [1.54, 1.807) is 31.4 Å². The lowest BCUT2D eigenvalue weighted by molar-refractivity contribution is 0.0472. The Morgan fingerprint density at radius 3 is 2.58 bits per heavy atom. The minimum atomic E-state index is -0.398. The molecule has 3 rings (SSSR count). The van der Waals surface area contributed by atoms with Crippen molar-refractivity contribution in [2.75, 3.05) is 20.3 Å². The zero-order valence-electron chi connectivity index (χ0n) is 13.2. The SMILES string of the molecule is COCc1ccc(C(=O)OCc2cc(Cl)c3c(c2)OCCO3)cc1. The van der Waals surface area contributed by atoms with E-state index in [4.69, 9.17) is 30.5 Å². The van der Waals surface area contributed by atoms with Crippen LogP contribution in [0.2, 0.25) is 5.02 Å². The second kappa shape index (κ2) is 7.55. The van der Waals surface area contributed by atoms with Crippen molar-refractivity contribution in [1.29, 1.82) is 0 Å². The van der Waals surface area contributed by atoms with Gasteiger partial charge in [-0.15, -0.1) is 0 Å². The van der Waals surface area contributed by atoms with E-state index in [0.717, 1.165) is 11.1 Å². The van der Waals surface area contributed by atoms with Crippen LogP contribution >= 0.6 is 11.6 Å². The molecular formula is C18H17ClO5. The number of hydrogen-bond acceptors (Lipinski definition) is 5. The Labute approximate surface area is 145 Å². The van der Waals surface area contributed by atoms with Crippen LogP contribution in [-0.2, 0) is 22.7 Å². The zero-order valence-corrected chi connectivity index (χ0v) is 14.0. The lowest BCUT2D eigenvalue weighted by atomic mass is 10.1. The van der Waals surface area contributed by atoms with Crippen molar-refractivity contribution in [1.82, 2.24) is 0 Å². The molecule has 5 nitrogen and oxygen atoms in total. The molecule has 1 aliphatic rings. The summed E-state index contributed by atoms with van der Waals surface area (Å²) in [6, 6.07) is 10.6. The summed E-state index contributed by atoms with van der Waals surface area (Å²) in [4.78, 5) is 12.1. The molecular weight excluding hydrogens is 332 g/mol. The van der Waals surface area contributed by atoms with Crippen molar-refractivity contribution < 1.29 is 23.7 Å². The number of carbonyl (C=O) groups is 1. The van der Waals surface area contributed by atoms with Crippen molar-refractivity contribution in [2.45, 2.75) is 13.2 Å². The summed E-state index contributed by atoms with van der Waals surface area (Å²) >= 11 is 6.17. The average Bonchev–Trinajstić information content (AvgIpc) is 2.61. The first-order valence-corrected chi connectivity index (χ1v) is 7.88. The van der Waals surface area contributed by atoms with Crippen LogP contribution in [0.1, 0.15) is 21.5 Å². The fourth-order valence-corrected chi connectivity index (χ4v) is 2.67. The molecule has 24 heavy (non-hydrogen) atoms. The third-order valence-corrected chi connectivity index (χ3v) is 3.81. The Morgan fingerprint density at radius 1 is 1.08 bits per heavy atom.